The van der Waals surface area contributed by atoms with Gasteiger partial charge in [0.1, 0.15) is 5.60 Å². The molecule has 1 aliphatic heterocycles. The third-order valence-corrected chi connectivity index (χ3v) is 4.85. The van der Waals surface area contributed by atoms with E-state index < -0.39 is 0 Å². The van der Waals surface area contributed by atoms with Gasteiger partial charge in [-0.2, -0.15) is 0 Å². The van der Waals surface area contributed by atoms with Crippen LogP contribution in [0.25, 0.3) is 0 Å². The highest BCUT2D eigenvalue weighted by Gasteiger charge is 2.38. The molecular weight excluding hydrogens is 262 g/mol. The van der Waals surface area contributed by atoms with Crippen molar-refractivity contribution in [1.29, 1.82) is 0 Å². The zero-order valence-electron chi connectivity index (χ0n) is 13.4. The normalized spacial score (nSPS) is 21.0. The van der Waals surface area contributed by atoms with Crippen molar-refractivity contribution >= 4 is 0 Å². The number of fused-ring (bicyclic) bond motifs is 1. The molecule has 1 fully saturated rings. The van der Waals surface area contributed by atoms with Crippen molar-refractivity contribution < 1.29 is 4.74 Å². The van der Waals surface area contributed by atoms with Crippen LogP contribution in [0.2, 0.25) is 0 Å². The van der Waals surface area contributed by atoms with Crippen molar-refractivity contribution in [2.75, 3.05) is 13.2 Å². The molecule has 0 amide bonds. The topological polar surface area (TPSA) is 47.0 Å². The van der Waals surface area contributed by atoms with Crippen LogP contribution in [-0.4, -0.2) is 23.1 Å². The highest BCUT2D eigenvalue weighted by Crippen LogP contribution is 2.39. The van der Waals surface area contributed by atoms with E-state index in [0.717, 1.165) is 51.2 Å². The van der Waals surface area contributed by atoms with Gasteiger partial charge in [-0.15, -0.1) is 0 Å². The van der Waals surface area contributed by atoms with Crippen molar-refractivity contribution in [2.24, 2.45) is 0 Å². The Hall–Kier alpha value is -1.00. The van der Waals surface area contributed by atoms with Gasteiger partial charge in [0.15, 0.2) is 5.82 Å². The molecule has 0 radical (unpaired) electrons. The van der Waals surface area contributed by atoms with Gasteiger partial charge in [0.2, 0.25) is 0 Å². The SMILES string of the molecule is CCOC1(c2nc(CC)c3c(n2)CNCC3)CCCCC1. The lowest BCUT2D eigenvalue weighted by Crippen LogP contribution is -2.36. The summed E-state index contributed by atoms with van der Waals surface area (Å²) in [5, 5.41) is 3.44. The molecule has 116 valence electrons. The molecule has 0 spiro atoms. The number of aromatic nitrogens is 2. The zero-order valence-corrected chi connectivity index (χ0v) is 13.4. The highest BCUT2D eigenvalue weighted by atomic mass is 16.5. The quantitative estimate of drug-likeness (QED) is 0.926. The summed E-state index contributed by atoms with van der Waals surface area (Å²) in [7, 11) is 0. The molecule has 1 saturated carbocycles. The fourth-order valence-corrected chi connectivity index (χ4v) is 3.77. The fourth-order valence-electron chi connectivity index (χ4n) is 3.77. The van der Waals surface area contributed by atoms with Crippen LogP contribution < -0.4 is 5.32 Å². The molecule has 1 aromatic rings. The second kappa shape index (κ2) is 6.41. The van der Waals surface area contributed by atoms with E-state index in [9.17, 15) is 0 Å². The number of hydrogen-bond acceptors (Lipinski definition) is 4. The lowest BCUT2D eigenvalue weighted by Gasteiger charge is -2.36. The van der Waals surface area contributed by atoms with Crippen LogP contribution in [0.1, 0.15) is 68.7 Å². The van der Waals surface area contributed by atoms with Gasteiger partial charge in [0.05, 0.1) is 5.69 Å². The van der Waals surface area contributed by atoms with Gasteiger partial charge in [-0.05, 0) is 44.7 Å². The van der Waals surface area contributed by atoms with Gasteiger partial charge in [-0.3, -0.25) is 0 Å². The second-order valence-corrected chi connectivity index (χ2v) is 6.19. The van der Waals surface area contributed by atoms with Gasteiger partial charge < -0.3 is 10.1 Å². The largest absolute Gasteiger partial charge is 0.367 e. The zero-order chi connectivity index (χ0) is 14.7. The molecule has 3 rings (SSSR count). The van der Waals surface area contributed by atoms with Crippen LogP contribution >= 0.6 is 0 Å². The molecule has 21 heavy (non-hydrogen) atoms. The Balaban J connectivity index is 2.03. The molecule has 2 aliphatic rings. The molecule has 0 unspecified atom stereocenters. The lowest BCUT2D eigenvalue weighted by molar-refractivity contribution is -0.0770. The Labute approximate surface area is 127 Å². The summed E-state index contributed by atoms with van der Waals surface area (Å²) in [5.41, 5.74) is 3.58. The molecule has 1 N–H and O–H groups in total. The Morgan fingerprint density at radius 2 is 1.95 bits per heavy atom. The van der Waals surface area contributed by atoms with Crippen molar-refractivity contribution in [1.82, 2.24) is 15.3 Å². The first-order valence-corrected chi connectivity index (χ1v) is 8.53. The van der Waals surface area contributed by atoms with Crippen molar-refractivity contribution in [3.05, 3.63) is 22.8 Å². The maximum absolute atomic E-state index is 6.20. The predicted octanol–water partition coefficient (Wildman–Crippen LogP) is 2.88. The maximum atomic E-state index is 6.20. The van der Waals surface area contributed by atoms with Crippen molar-refractivity contribution in [3.63, 3.8) is 0 Å². The van der Waals surface area contributed by atoms with Crippen LogP contribution in [0.5, 0.6) is 0 Å². The van der Waals surface area contributed by atoms with E-state index in [4.69, 9.17) is 14.7 Å². The van der Waals surface area contributed by atoms with E-state index in [0.29, 0.717) is 0 Å². The Bertz CT molecular complexity index is 472. The Morgan fingerprint density at radius 3 is 2.67 bits per heavy atom. The molecule has 1 aliphatic carbocycles. The summed E-state index contributed by atoms with van der Waals surface area (Å²) in [4.78, 5) is 9.89. The van der Waals surface area contributed by atoms with Crippen LogP contribution in [0, 0.1) is 0 Å². The Kier molecular flexibility index (Phi) is 4.55. The molecule has 0 saturated heterocycles. The molecule has 0 atom stereocenters. The van der Waals surface area contributed by atoms with Gasteiger partial charge >= 0.3 is 0 Å². The standard InChI is InChI=1S/C17H27N3O/c1-3-14-13-8-11-18-12-15(13)20-16(19-14)17(21-4-2)9-6-5-7-10-17/h18H,3-12H2,1-2H3. The monoisotopic (exact) mass is 289 g/mol. The molecule has 0 aromatic carbocycles. The van der Waals surface area contributed by atoms with Crippen LogP contribution in [0.4, 0.5) is 0 Å². The van der Waals surface area contributed by atoms with E-state index >= 15 is 0 Å². The molecule has 1 aromatic heterocycles. The van der Waals surface area contributed by atoms with Crippen LogP contribution in [0.15, 0.2) is 0 Å². The second-order valence-electron chi connectivity index (χ2n) is 6.19. The van der Waals surface area contributed by atoms with E-state index in [1.807, 2.05) is 0 Å². The third-order valence-electron chi connectivity index (χ3n) is 4.85. The summed E-state index contributed by atoms with van der Waals surface area (Å²) < 4.78 is 6.20. The summed E-state index contributed by atoms with van der Waals surface area (Å²) in [6, 6.07) is 0. The Morgan fingerprint density at radius 1 is 1.14 bits per heavy atom. The predicted molar refractivity (Wildman–Crippen MR) is 83.2 cm³/mol. The molecule has 2 heterocycles. The van der Waals surface area contributed by atoms with E-state index in [1.54, 1.807) is 0 Å². The molecule has 4 heteroatoms. The number of aryl methyl sites for hydroxylation is 1. The van der Waals surface area contributed by atoms with Crippen LogP contribution in [0.3, 0.4) is 0 Å². The average molecular weight is 289 g/mol. The van der Waals surface area contributed by atoms with Crippen molar-refractivity contribution in [3.8, 4) is 0 Å². The van der Waals surface area contributed by atoms with E-state index in [-0.39, 0.29) is 5.60 Å². The van der Waals surface area contributed by atoms with Crippen molar-refractivity contribution in [2.45, 2.75) is 70.9 Å². The summed E-state index contributed by atoms with van der Waals surface area (Å²) in [6.07, 6.45) is 7.93. The molecular formula is C17H27N3O. The van der Waals surface area contributed by atoms with Gasteiger partial charge in [-0.1, -0.05) is 26.2 Å². The number of ether oxygens (including phenoxy) is 1. The minimum Gasteiger partial charge on any atom is -0.367 e. The fraction of sp³-hybridized carbons (Fsp3) is 0.765. The molecule has 4 nitrogen and oxygen atoms in total. The van der Waals surface area contributed by atoms with Gasteiger partial charge in [0.25, 0.3) is 0 Å². The van der Waals surface area contributed by atoms with Gasteiger partial charge in [-0.25, -0.2) is 9.97 Å². The van der Waals surface area contributed by atoms with Crippen LogP contribution in [-0.2, 0) is 29.7 Å². The van der Waals surface area contributed by atoms with Gasteiger partial charge in [0, 0.05) is 18.8 Å². The third kappa shape index (κ3) is 2.84. The summed E-state index contributed by atoms with van der Waals surface area (Å²) in [6.45, 7) is 6.93. The number of nitrogens with one attached hydrogen (secondary N) is 1. The van der Waals surface area contributed by atoms with E-state index in [1.165, 1.54) is 36.2 Å². The summed E-state index contributed by atoms with van der Waals surface area (Å²) >= 11 is 0. The lowest BCUT2D eigenvalue weighted by atomic mass is 9.83. The average Bonchev–Trinajstić information content (AvgIpc) is 2.55. The minimum atomic E-state index is -0.233. The highest BCUT2D eigenvalue weighted by molar-refractivity contribution is 5.30. The van der Waals surface area contributed by atoms with E-state index in [2.05, 4.69) is 19.2 Å². The minimum absolute atomic E-state index is 0.233. The summed E-state index contributed by atoms with van der Waals surface area (Å²) in [5.74, 6) is 0.948. The first-order chi connectivity index (χ1) is 10.3. The number of hydrogen-bond donors (Lipinski definition) is 1. The smallest absolute Gasteiger partial charge is 0.160 e. The number of rotatable bonds is 4. The first-order valence-electron chi connectivity index (χ1n) is 8.53. The maximum Gasteiger partial charge on any atom is 0.160 e. The molecule has 0 bridgehead atoms. The first kappa shape index (κ1) is 14.9. The number of nitrogens with zero attached hydrogens (tertiary/aromatic N) is 2.